The van der Waals surface area contributed by atoms with Crippen LogP contribution in [0.25, 0.3) is 0 Å². The maximum absolute atomic E-state index is 14.4. The number of aromatic nitrogens is 1. The number of nitrogens with zero attached hydrogens (tertiary/aromatic N) is 1. The van der Waals surface area contributed by atoms with Crippen LogP contribution < -0.4 is 0 Å². The standard InChI is InChI=1S/C20H11ClFNO4/c21-13-7-5-11(6-8-13)19(25)17-16(22)9-12(10-23-17)18(24)14-3-1-2-4-15(14)20(26)27/h1-10H,(H,26,27). The smallest absolute Gasteiger partial charge is 0.336 e. The van der Waals surface area contributed by atoms with E-state index in [4.69, 9.17) is 11.6 Å². The van der Waals surface area contributed by atoms with Gasteiger partial charge in [-0.25, -0.2) is 14.2 Å². The zero-order valence-electron chi connectivity index (χ0n) is 13.6. The quantitative estimate of drug-likeness (QED) is 0.672. The van der Waals surface area contributed by atoms with Gasteiger partial charge in [-0.1, -0.05) is 29.8 Å². The molecule has 7 heteroatoms. The molecule has 27 heavy (non-hydrogen) atoms. The predicted octanol–water partition coefficient (Wildman–Crippen LogP) is 4.03. The Kier molecular flexibility index (Phi) is 5.09. The van der Waals surface area contributed by atoms with Gasteiger partial charge in [0.1, 0.15) is 5.69 Å². The summed E-state index contributed by atoms with van der Waals surface area (Å²) < 4.78 is 14.4. The van der Waals surface area contributed by atoms with E-state index in [2.05, 4.69) is 4.98 Å². The molecule has 0 atom stereocenters. The number of carbonyl (C=O) groups excluding carboxylic acids is 2. The van der Waals surface area contributed by atoms with Crippen molar-refractivity contribution in [2.24, 2.45) is 0 Å². The van der Waals surface area contributed by atoms with Crippen LogP contribution in [0.5, 0.6) is 0 Å². The van der Waals surface area contributed by atoms with Crippen LogP contribution in [0.2, 0.25) is 5.02 Å². The van der Waals surface area contributed by atoms with Gasteiger partial charge in [-0.3, -0.25) is 9.59 Å². The molecule has 134 valence electrons. The fraction of sp³-hybridized carbons (Fsp3) is 0. The highest BCUT2D eigenvalue weighted by Gasteiger charge is 2.21. The summed E-state index contributed by atoms with van der Waals surface area (Å²) in [6.07, 6.45) is 1.05. The molecule has 0 aliphatic rings. The van der Waals surface area contributed by atoms with E-state index < -0.39 is 29.0 Å². The van der Waals surface area contributed by atoms with Crippen molar-refractivity contribution in [3.8, 4) is 0 Å². The van der Waals surface area contributed by atoms with Crippen molar-refractivity contribution < 1.29 is 23.9 Å². The molecule has 0 aliphatic carbocycles. The lowest BCUT2D eigenvalue weighted by Gasteiger charge is -2.07. The maximum atomic E-state index is 14.4. The van der Waals surface area contributed by atoms with Gasteiger partial charge >= 0.3 is 5.97 Å². The predicted molar refractivity (Wildman–Crippen MR) is 95.9 cm³/mol. The van der Waals surface area contributed by atoms with Crippen molar-refractivity contribution in [1.82, 2.24) is 4.98 Å². The summed E-state index contributed by atoms with van der Waals surface area (Å²) in [6.45, 7) is 0. The molecule has 5 nitrogen and oxygen atoms in total. The number of pyridine rings is 1. The summed E-state index contributed by atoms with van der Waals surface area (Å²) >= 11 is 5.76. The van der Waals surface area contributed by atoms with E-state index in [1.807, 2.05) is 0 Å². The minimum atomic E-state index is -1.28. The highest BCUT2D eigenvalue weighted by Crippen LogP contribution is 2.19. The number of hydrogen-bond acceptors (Lipinski definition) is 4. The molecule has 0 aliphatic heterocycles. The fourth-order valence-electron chi connectivity index (χ4n) is 2.49. The summed E-state index contributed by atoms with van der Waals surface area (Å²) in [7, 11) is 0. The number of carboxylic acids is 1. The van der Waals surface area contributed by atoms with Crippen LogP contribution in [0.4, 0.5) is 4.39 Å². The van der Waals surface area contributed by atoms with Crippen molar-refractivity contribution in [2.45, 2.75) is 0 Å². The Morgan fingerprint density at radius 2 is 1.52 bits per heavy atom. The van der Waals surface area contributed by atoms with Crippen LogP contribution >= 0.6 is 11.6 Å². The molecule has 0 amide bonds. The Morgan fingerprint density at radius 1 is 0.889 bits per heavy atom. The van der Waals surface area contributed by atoms with Gasteiger partial charge in [0.15, 0.2) is 11.6 Å². The largest absolute Gasteiger partial charge is 0.478 e. The van der Waals surface area contributed by atoms with Gasteiger partial charge in [0.2, 0.25) is 5.78 Å². The zero-order valence-corrected chi connectivity index (χ0v) is 14.4. The van der Waals surface area contributed by atoms with E-state index >= 15 is 0 Å². The van der Waals surface area contributed by atoms with Crippen molar-refractivity contribution >= 4 is 29.1 Å². The number of aromatic carboxylic acids is 1. The lowest BCUT2D eigenvalue weighted by molar-refractivity contribution is 0.0692. The third-order valence-corrected chi connectivity index (χ3v) is 4.08. The highest BCUT2D eigenvalue weighted by atomic mass is 35.5. The third-order valence-electron chi connectivity index (χ3n) is 3.83. The van der Waals surface area contributed by atoms with Crippen LogP contribution in [0.1, 0.15) is 42.3 Å². The van der Waals surface area contributed by atoms with Gasteiger partial charge in [-0.2, -0.15) is 0 Å². The lowest BCUT2D eigenvalue weighted by Crippen LogP contribution is -2.12. The minimum absolute atomic E-state index is 0.0945. The molecule has 2 aromatic carbocycles. The number of benzene rings is 2. The van der Waals surface area contributed by atoms with Gasteiger partial charge in [0.25, 0.3) is 0 Å². The number of ketones is 2. The molecule has 3 aromatic rings. The van der Waals surface area contributed by atoms with Crippen LogP contribution in [0.15, 0.2) is 60.8 Å². The van der Waals surface area contributed by atoms with E-state index in [-0.39, 0.29) is 22.3 Å². The van der Waals surface area contributed by atoms with E-state index in [9.17, 15) is 23.9 Å². The number of rotatable bonds is 5. The Bertz CT molecular complexity index is 1060. The highest BCUT2D eigenvalue weighted by molar-refractivity contribution is 6.30. The van der Waals surface area contributed by atoms with Gasteiger partial charge < -0.3 is 5.11 Å². The molecular weight excluding hydrogens is 373 g/mol. The summed E-state index contributed by atoms with van der Waals surface area (Å²) in [6, 6.07) is 12.3. The number of carboxylic acid groups (broad SMARTS) is 1. The zero-order chi connectivity index (χ0) is 19.6. The third kappa shape index (κ3) is 3.75. The fourth-order valence-corrected chi connectivity index (χ4v) is 2.62. The molecule has 1 heterocycles. The molecule has 0 fully saturated rings. The first-order valence-corrected chi connectivity index (χ1v) is 8.09. The van der Waals surface area contributed by atoms with Gasteiger partial charge in [-0.05, 0) is 36.4 Å². The van der Waals surface area contributed by atoms with Crippen LogP contribution in [-0.4, -0.2) is 27.6 Å². The van der Waals surface area contributed by atoms with Crippen LogP contribution in [-0.2, 0) is 0 Å². The Morgan fingerprint density at radius 3 is 2.11 bits per heavy atom. The van der Waals surface area contributed by atoms with E-state index in [0.717, 1.165) is 12.3 Å². The molecule has 0 radical (unpaired) electrons. The normalized spacial score (nSPS) is 10.4. The molecule has 0 bridgehead atoms. The van der Waals surface area contributed by atoms with Crippen molar-refractivity contribution in [3.63, 3.8) is 0 Å². The first kappa shape index (κ1) is 18.4. The van der Waals surface area contributed by atoms with Gasteiger partial charge in [0.05, 0.1) is 5.56 Å². The van der Waals surface area contributed by atoms with Gasteiger partial charge in [0, 0.05) is 27.9 Å². The number of halogens is 2. The van der Waals surface area contributed by atoms with E-state index in [0.29, 0.717) is 5.02 Å². The summed E-state index contributed by atoms with van der Waals surface area (Å²) in [5.41, 5.74) is -0.706. The average molecular weight is 384 g/mol. The van der Waals surface area contributed by atoms with E-state index in [1.54, 1.807) is 0 Å². The number of hydrogen-bond donors (Lipinski definition) is 1. The Hall–Kier alpha value is -3.38. The first-order chi connectivity index (χ1) is 12.9. The van der Waals surface area contributed by atoms with Crippen molar-refractivity contribution in [3.05, 3.63) is 99.6 Å². The monoisotopic (exact) mass is 383 g/mol. The van der Waals surface area contributed by atoms with Crippen LogP contribution in [0, 0.1) is 5.82 Å². The Balaban J connectivity index is 1.95. The second-order valence-corrected chi connectivity index (χ2v) is 6.01. The molecule has 3 rings (SSSR count). The van der Waals surface area contributed by atoms with E-state index in [1.165, 1.54) is 48.5 Å². The average Bonchev–Trinajstić information content (AvgIpc) is 2.67. The molecule has 1 N–H and O–H groups in total. The summed E-state index contributed by atoms with van der Waals surface area (Å²) in [4.78, 5) is 39.9. The molecule has 1 aromatic heterocycles. The number of carbonyl (C=O) groups is 3. The lowest BCUT2D eigenvalue weighted by atomic mass is 9.98. The Labute approximate surface area is 158 Å². The molecule has 0 unspecified atom stereocenters. The van der Waals surface area contributed by atoms with Crippen molar-refractivity contribution in [1.29, 1.82) is 0 Å². The van der Waals surface area contributed by atoms with Crippen LogP contribution in [0.3, 0.4) is 0 Å². The summed E-state index contributed by atoms with van der Waals surface area (Å²) in [5, 5.41) is 9.61. The van der Waals surface area contributed by atoms with Gasteiger partial charge in [-0.15, -0.1) is 0 Å². The summed E-state index contributed by atoms with van der Waals surface area (Å²) in [5.74, 6) is -3.62. The SMILES string of the molecule is O=C(O)c1ccccc1C(=O)c1cnc(C(=O)c2ccc(Cl)cc2)c(F)c1. The maximum Gasteiger partial charge on any atom is 0.336 e. The topological polar surface area (TPSA) is 84.3 Å². The minimum Gasteiger partial charge on any atom is -0.478 e. The molecular formula is C20H11ClFNO4. The molecule has 0 spiro atoms. The second-order valence-electron chi connectivity index (χ2n) is 5.57. The second kappa shape index (κ2) is 7.47. The molecule has 0 saturated heterocycles. The first-order valence-electron chi connectivity index (χ1n) is 7.71. The molecule has 0 saturated carbocycles. The van der Waals surface area contributed by atoms with Crippen molar-refractivity contribution in [2.75, 3.05) is 0 Å².